The van der Waals surface area contributed by atoms with Crippen molar-refractivity contribution in [2.45, 2.75) is 0 Å². The maximum Gasteiger partial charge on any atom is 0.149 e. The monoisotopic (exact) mass is 271 g/mol. The molecule has 0 aliphatic carbocycles. The van der Waals surface area contributed by atoms with Gasteiger partial charge in [0.1, 0.15) is 17.2 Å². The van der Waals surface area contributed by atoms with Gasteiger partial charge in [-0.25, -0.2) is 8.78 Å². The second-order valence-electron chi connectivity index (χ2n) is 4.38. The first kappa shape index (κ1) is 10.8. The van der Waals surface area contributed by atoms with E-state index in [-0.39, 0.29) is 11.6 Å². The topological polar surface area (TPSA) is 12.9 Å². The lowest BCUT2D eigenvalue weighted by Crippen LogP contribution is -1.84. The Balaban J connectivity index is 2.34. The largest absolute Gasteiger partial charge is 0.252 e. The molecular formula is C15H7F2NS. The first-order valence-corrected chi connectivity index (χ1v) is 6.61. The molecule has 0 N–H and O–H groups in total. The van der Waals surface area contributed by atoms with Gasteiger partial charge in [0.05, 0.1) is 4.70 Å². The summed E-state index contributed by atoms with van der Waals surface area (Å²) in [6.45, 7) is 0. The van der Waals surface area contributed by atoms with Crippen LogP contribution in [0.25, 0.3) is 31.1 Å². The molecule has 0 atom stereocenters. The third-order valence-electron chi connectivity index (χ3n) is 3.24. The third-order valence-corrected chi connectivity index (χ3v) is 4.35. The minimum absolute atomic E-state index is 0.284. The smallest absolute Gasteiger partial charge is 0.149 e. The number of benzene rings is 2. The van der Waals surface area contributed by atoms with Gasteiger partial charge in [-0.1, -0.05) is 12.1 Å². The highest BCUT2D eigenvalue weighted by Gasteiger charge is 2.12. The number of thiophene rings is 1. The second kappa shape index (κ2) is 3.71. The van der Waals surface area contributed by atoms with E-state index in [4.69, 9.17) is 0 Å². The average molecular weight is 271 g/mol. The van der Waals surface area contributed by atoms with Crippen molar-refractivity contribution < 1.29 is 8.78 Å². The molecule has 4 aromatic rings. The van der Waals surface area contributed by atoms with Crippen LogP contribution in [0.4, 0.5) is 8.78 Å². The summed E-state index contributed by atoms with van der Waals surface area (Å²) < 4.78 is 29.1. The fourth-order valence-electron chi connectivity index (χ4n) is 2.43. The van der Waals surface area contributed by atoms with E-state index >= 15 is 0 Å². The summed E-state index contributed by atoms with van der Waals surface area (Å²) in [4.78, 5) is 4.17. The fourth-order valence-corrected chi connectivity index (χ4v) is 3.50. The Morgan fingerprint density at radius 3 is 2.74 bits per heavy atom. The molecule has 4 rings (SSSR count). The Kier molecular flexibility index (Phi) is 2.11. The van der Waals surface area contributed by atoms with E-state index in [0.29, 0.717) is 5.52 Å². The number of hydrogen-bond acceptors (Lipinski definition) is 2. The third kappa shape index (κ3) is 1.47. The quantitative estimate of drug-likeness (QED) is 0.444. The van der Waals surface area contributed by atoms with E-state index in [2.05, 4.69) is 4.98 Å². The van der Waals surface area contributed by atoms with Crippen LogP contribution in [-0.4, -0.2) is 4.98 Å². The number of aromatic nitrogens is 1. The molecule has 4 heteroatoms. The fraction of sp³-hybridized carbons (Fsp3) is 0. The van der Waals surface area contributed by atoms with E-state index in [1.165, 1.54) is 29.5 Å². The van der Waals surface area contributed by atoms with Gasteiger partial charge in [0.2, 0.25) is 0 Å². The molecule has 0 aliphatic rings. The van der Waals surface area contributed by atoms with Crippen molar-refractivity contribution >= 4 is 42.4 Å². The van der Waals surface area contributed by atoms with Crippen LogP contribution >= 0.6 is 11.3 Å². The molecule has 0 radical (unpaired) electrons. The molecule has 0 saturated carbocycles. The Hall–Kier alpha value is -2.07. The molecule has 2 heterocycles. The predicted octanol–water partition coefficient (Wildman–Crippen LogP) is 4.88. The number of fused-ring (bicyclic) bond motifs is 5. The summed E-state index contributed by atoms with van der Waals surface area (Å²) in [5, 5.41) is 2.43. The molecule has 92 valence electrons. The number of rotatable bonds is 0. The predicted molar refractivity (Wildman–Crippen MR) is 74.5 cm³/mol. The summed E-state index contributed by atoms with van der Waals surface area (Å²) >= 11 is 1.54. The zero-order valence-electron chi connectivity index (χ0n) is 9.65. The van der Waals surface area contributed by atoms with Crippen LogP contribution in [-0.2, 0) is 0 Å². The molecule has 0 fully saturated rings. The molecule has 0 spiro atoms. The minimum Gasteiger partial charge on any atom is -0.252 e. The lowest BCUT2D eigenvalue weighted by molar-refractivity contribution is 0.630. The Morgan fingerprint density at radius 1 is 0.947 bits per heavy atom. The van der Waals surface area contributed by atoms with Crippen molar-refractivity contribution in [3.63, 3.8) is 0 Å². The highest BCUT2D eigenvalue weighted by atomic mass is 32.1. The molecule has 0 bridgehead atoms. The van der Waals surface area contributed by atoms with Gasteiger partial charge in [-0.2, -0.15) is 0 Å². The van der Waals surface area contributed by atoms with Crippen LogP contribution in [0, 0.1) is 11.6 Å². The summed E-state index contributed by atoms with van der Waals surface area (Å²) in [5.74, 6) is -0.635. The van der Waals surface area contributed by atoms with Crippen LogP contribution < -0.4 is 0 Å². The van der Waals surface area contributed by atoms with Gasteiger partial charge in [0.25, 0.3) is 0 Å². The molecule has 0 aliphatic heterocycles. The minimum atomic E-state index is -0.352. The molecule has 2 aromatic carbocycles. The van der Waals surface area contributed by atoms with Gasteiger partial charge in [-0.15, -0.1) is 11.3 Å². The van der Waals surface area contributed by atoms with E-state index < -0.39 is 0 Å². The molecule has 0 saturated heterocycles. The van der Waals surface area contributed by atoms with Gasteiger partial charge in [-0.3, -0.25) is 4.98 Å². The van der Waals surface area contributed by atoms with Crippen LogP contribution in [0.3, 0.4) is 0 Å². The zero-order chi connectivity index (χ0) is 13.0. The summed E-state index contributed by atoms with van der Waals surface area (Å²) in [7, 11) is 0. The van der Waals surface area contributed by atoms with Crippen molar-refractivity contribution in [3.8, 4) is 0 Å². The lowest BCUT2D eigenvalue weighted by atomic mass is 10.1. The zero-order valence-corrected chi connectivity index (χ0v) is 10.5. The van der Waals surface area contributed by atoms with E-state index in [0.717, 1.165) is 25.6 Å². The lowest BCUT2D eigenvalue weighted by Gasteiger charge is -2.00. The molecule has 1 nitrogen and oxygen atoms in total. The second-order valence-corrected chi connectivity index (χ2v) is 5.46. The van der Waals surface area contributed by atoms with Gasteiger partial charge in [0, 0.05) is 27.1 Å². The SMILES string of the molecule is Fc1ccc2sc3cnc4c(F)cccc4c3c2c1. The number of pyridine rings is 1. The van der Waals surface area contributed by atoms with Crippen molar-refractivity contribution in [2.24, 2.45) is 0 Å². The maximum absolute atomic E-state index is 13.8. The molecule has 0 unspecified atom stereocenters. The maximum atomic E-state index is 13.8. The first-order valence-electron chi connectivity index (χ1n) is 5.79. The molecular weight excluding hydrogens is 264 g/mol. The number of nitrogens with zero attached hydrogens (tertiary/aromatic N) is 1. The summed E-state index contributed by atoms with van der Waals surface area (Å²) in [5.41, 5.74) is 0.332. The standard InChI is InChI=1S/C15H7F2NS/c16-8-4-5-12-10(6-8)14-9-2-1-3-11(17)15(9)18-7-13(14)19-12/h1-7H. The molecule has 0 amide bonds. The number of halogens is 2. The molecule has 2 aromatic heterocycles. The number of hydrogen-bond donors (Lipinski definition) is 0. The van der Waals surface area contributed by atoms with Crippen LogP contribution in [0.15, 0.2) is 42.6 Å². The Morgan fingerprint density at radius 2 is 1.84 bits per heavy atom. The first-order chi connectivity index (χ1) is 9.24. The van der Waals surface area contributed by atoms with Crippen LogP contribution in [0.5, 0.6) is 0 Å². The Bertz CT molecular complexity index is 943. The summed E-state index contributed by atoms with van der Waals surface area (Å²) in [6.07, 6.45) is 1.66. The van der Waals surface area contributed by atoms with Gasteiger partial charge in [0.15, 0.2) is 0 Å². The van der Waals surface area contributed by atoms with Gasteiger partial charge < -0.3 is 0 Å². The van der Waals surface area contributed by atoms with Gasteiger partial charge >= 0.3 is 0 Å². The van der Waals surface area contributed by atoms with Crippen molar-refractivity contribution in [1.82, 2.24) is 4.98 Å². The number of para-hydroxylation sites is 1. The Labute approximate surface area is 111 Å². The van der Waals surface area contributed by atoms with E-state index in [9.17, 15) is 8.78 Å². The van der Waals surface area contributed by atoms with Gasteiger partial charge in [-0.05, 0) is 24.3 Å². The van der Waals surface area contributed by atoms with Crippen molar-refractivity contribution in [1.29, 1.82) is 0 Å². The van der Waals surface area contributed by atoms with E-state index in [1.807, 2.05) is 6.07 Å². The highest BCUT2D eigenvalue weighted by Crippen LogP contribution is 2.38. The normalized spacial score (nSPS) is 11.7. The van der Waals surface area contributed by atoms with Crippen LogP contribution in [0.1, 0.15) is 0 Å². The van der Waals surface area contributed by atoms with Crippen LogP contribution in [0.2, 0.25) is 0 Å². The summed E-state index contributed by atoms with van der Waals surface area (Å²) in [6, 6.07) is 9.55. The highest BCUT2D eigenvalue weighted by molar-refractivity contribution is 7.26. The van der Waals surface area contributed by atoms with Crippen molar-refractivity contribution in [2.75, 3.05) is 0 Å². The molecule has 19 heavy (non-hydrogen) atoms. The van der Waals surface area contributed by atoms with Crippen molar-refractivity contribution in [3.05, 3.63) is 54.2 Å². The van der Waals surface area contributed by atoms with E-state index in [1.54, 1.807) is 18.3 Å². The average Bonchev–Trinajstić information content (AvgIpc) is 2.77.